The first-order valence-electron chi connectivity index (χ1n) is 7.81. The van der Waals surface area contributed by atoms with Gasteiger partial charge in [0.25, 0.3) is 0 Å². The van der Waals surface area contributed by atoms with Gasteiger partial charge in [-0.15, -0.1) is 0 Å². The Balaban J connectivity index is 1.68. The van der Waals surface area contributed by atoms with Crippen LogP contribution in [0.5, 0.6) is 5.75 Å². The Labute approximate surface area is 133 Å². The van der Waals surface area contributed by atoms with Crippen LogP contribution in [0.15, 0.2) is 24.3 Å². The fraction of sp³-hybridized carbons (Fsp3) is 0.625. The molecule has 1 heterocycles. The van der Waals surface area contributed by atoms with Crippen molar-refractivity contribution in [1.29, 1.82) is 0 Å². The molecule has 1 aliphatic rings. The summed E-state index contributed by atoms with van der Waals surface area (Å²) in [7, 11) is -3.04. The summed E-state index contributed by atoms with van der Waals surface area (Å²) in [6.45, 7) is 4.30. The van der Waals surface area contributed by atoms with Crippen LogP contribution in [0.4, 0.5) is 0 Å². The number of aromatic hydroxyl groups is 1. The van der Waals surface area contributed by atoms with Crippen molar-refractivity contribution in [2.45, 2.75) is 32.2 Å². The van der Waals surface area contributed by atoms with Crippen LogP contribution in [0.3, 0.4) is 0 Å². The second-order valence-corrected chi connectivity index (χ2v) is 8.27. The zero-order chi connectivity index (χ0) is 16.2. The van der Waals surface area contributed by atoms with Crippen LogP contribution in [0.1, 0.15) is 25.3 Å². The van der Waals surface area contributed by atoms with Gasteiger partial charge in [-0.1, -0.05) is 12.1 Å². The zero-order valence-corrected chi connectivity index (χ0v) is 14.1. The van der Waals surface area contributed by atoms with Crippen LogP contribution in [-0.4, -0.2) is 49.8 Å². The number of sulfonamides is 1. The molecule has 0 radical (unpaired) electrons. The SMILES string of the molecule is C[C@H](CCc1ccc(O)cc1)NC[C@@H]1CCN(S(C)(=O)=O)C1. The lowest BCUT2D eigenvalue weighted by Gasteiger charge is -2.18. The fourth-order valence-electron chi connectivity index (χ4n) is 2.78. The first-order valence-corrected chi connectivity index (χ1v) is 9.66. The summed E-state index contributed by atoms with van der Waals surface area (Å²) in [5.74, 6) is 0.706. The monoisotopic (exact) mass is 326 g/mol. The van der Waals surface area contributed by atoms with E-state index in [9.17, 15) is 13.5 Å². The van der Waals surface area contributed by atoms with Gasteiger partial charge in [-0.25, -0.2) is 12.7 Å². The number of benzene rings is 1. The van der Waals surface area contributed by atoms with E-state index in [0.29, 0.717) is 30.8 Å². The van der Waals surface area contributed by atoms with Gasteiger partial charge in [0.1, 0.15) is 5.75 Å². The second-order valence-electron chi connectivity index (χ2n) is 6.29. The highest BCUT2D eigenvalue weighted by Gasteiger charge is 2.28. The Hall–Kier alpha value is -1.11. The maximum Gasteiger partial charge on any atom is 0.211 e. The minimum Gasteiger partial charge on any atom is -0.508 e. The predicted octanol–water partition coefficient (Wildman–Crippen LogP) is 1.58. The quantitative estimate of drug-likeness (QED) is 0.798. The molecule has 0 spiro atoms. The molecule has 0 aliphatic carbocycles. The highest BCUT2D eigenvalue weighted by molar-refractivity contribution is 7.88. The zero-order valence-electron chi connectivity index (χ0n) is 13.3. The first-order chi connectivity index (χ1) is 10.3. The van der Waals surface area contributed by atoms with Gasteiger partial charge in [-0.3, -0.25) is 0 Å². The molecular weight excluding hydrogens is 300 g/mol. The number of rotatable bonds is 7. The van der Waals surface area contributed by atoms with E-state index in [2.05, 4.69) is 12.2 Å². The van der Waals surface area contributed by atoms with Crippen molar-refractivity contribution in [3.8, 4) is 5.75 Å². The number of phenols is 1. The molecule has 22 heavy (non-hydrogen) atoms. The van der Waals surface area contributed by atoms with Gasteiger partial charge in [0.2, 0.25) is 10.0 Å². The van der Waals surface area contributed by atoms with Crippen LogP contribution in [0, 0.1) is 5.92 Å². The molecule has 1 aromatic rings. The molecule has 0 aromatic heterocycles. The van der Waals surface area contributed by atoms with Gasteiger partial charge in [-0.05, 0) is 56.3 Å². The van der Waals surface area contributed by atoms with Crippen molar-refractivity contribution in [2.24, 2.45) is 5.92 Å². The van der Waals surface area contributed by atoms with E-state index in [4.69, 9.17) is 0 Å². The largest absolute Gasteiger partial charge is 0.508 e. The van der Waals surface area contributed by atoms with Gasteiger partial charge in [-0.2, -0.15) is 0 Å². The molecule has 0 amide bonds. The Morgan fingerprint density at radius 2 is 2.05 bits per heavy atom. The number of phenolic OH excluding ortho intramolecular Hbond substituents is 1. The van der Waals surface area contributed by atoms with Crippen LogP contribution >= 0.6 is 0 Å². The molecule has 2 atom stereocenters. The minimum atomic E-state index is -3.04. The number of nitrogens with zero attached hydrogens (tertiary/aromatic N) is 1. The first kappa shape index (κ1) is 17.2. The summed E-state index contributed by atoms with van der Waals surface area (Å²) in [6.07, 6.45) is 4.20. The third-order valence-corrected chi connectivity index (χ3v) is 5.54. The molecule has 1 aliphatic heterocycles. The van der Waals surface area contributed by atoms with E-state index in [-0.39, 0.29) is 0 Å². The van der Waals surface area contributed by atoms with Crippen molar-refractivity contribution in [2.75, 3.05) is 25.9 Å². The van der Waals surface area contributed by atoms with Crippen molar-refractivity contribution in [3.05, 3.63) is 29.8 Å². The minimum absolute atomic E-state index is 0.298. The summed E-state index contributed by atoms with van der Waals surface area (Å²) in [5.41, 5.74) is 1.22. The summed E-state index contributed by atoms with van der Waals surface area (Å²) < 4.78 is 24.5. The van der Waals surface area contributed by atoms with Gasteiger partial charge >= 0.3 is 0 Å². The summed E-state index contributed by atoms with van der Waals surface area (Å²) >= 11 is 0. The predicted molar refractivity (Wildman–Crippen MR) is 88.4 cm³/mol. The van der Waals surface area contributed by atoms with Crippen molar-refractivity contribution >= 4 is 10.0 Å². The fourth-order valence-corrected chi connectivity index (χ4v) is 3.70. The van der Waals surface area contributed by atoms with E-state index < -0.39 is 10.0 Å². The standard InChI is InChI=1S/C16H26N2O3S/c1-13(3-4-14-5-7-16(19)8-6-14)17-11-15-9-10-18(12-15)22(2,20)21/h5-8,13,15,17,19H,3-4,9-12H2,1-2H3/t13-,15+/m1/s1. The molecule has 1 fully saturated rings. The number of hydrogen-bond acceptors (Lipinski definition) is 4. The lowest BCUT2D eigenvalue weighted by Crippen LogP contribution is -2.34. The third-order valence-electron chi connectivity index (χ3n) is 4.27. The molecule has 2 rings (SSSR count). The van der Waals surface area contributed by atoms with Crippen LogP contribution in [0.2, 0.25) is 0 Å². The lowest BCUT2D eigenvalue weighted by molar-refractivity contribution is 0.420. The van der Waals surface area contributed by atoms with Gasteiger partial charge in [0.15, 0.2) is 0 Å². The smallest absolute Gasteiger partial charge is 0.211 e. The van der Waals surface area contributed by atoms with E-state index in [1.54, 1.807) is 16.4 Å². The van der Waals surface area contributed by atoms with E-state index in [1.807, 2.05) is 12.1 Å². The molecule has 1 aromatic carbocycles. The van der Waals surface area contributed by atoms with Gasteiger partial charge < -0.3 is 10.4 Å². The number of nitrogens with one attached hydrogen (secondary N) is 1. The number of aryl methyl sites for hydroxylation is 1. The van der Waals surface area contributed by atoms with Crippen molar-refractivity contribution < 1.29 is 13.5 Å². The van der Waals surface area contributed by atoms with Gasteiger partial charge in [0.05, 0.1) is 6.26 Å². The topological polar surface area (TPSA) is 69.6 Å². The molecule has 0 bridgehead atoms. The molecule has 0 unspecified atom stereocenters. The maximum atomic E-state index is 11.5. The normalized spacial score (nSPS) is 21.1. The van der Waals surface area contributed by atoms with Crippen LogP contribution in [0.25, 0.3) is 0 Å². The molecular formula is C16H26N2O3S. The Morgan fingerprint density at radius 1 is 1.36 bits per heavy atom. The highest BCUT2D eigenvalue weighted by Crippen LogP contribution is 2.18. The summed E-state index contributed by atoms with van der Waals surface area (Å²) in [5, 5.41) is 12.8. The molecule has 2 N–H and O–H groups in total. The molecule has 6 heteroatoms. The van der Waals surface area contributed by atoms with Crippen LogP contribution < -0.4 is 5.32 Å². The molecule has 0 saturated carbocycles. The average Bonchev–Trinajstić information content (AvgIpc) is 2.93. The Kier molecular flexibility index (Phi) is 5.83. The van der Waals surface area contributed by atoms with E-state index in [1.165, 1.54) is 11.8 Å². The lowest BCUT2D eigenvalue weighted by atomic mass is 10.0. The highest BCUT2D eigenvalue weighted by atomic mass is 32.2. The van der Waals surface area contributed by atoms with Crippen molar-refractivity contribution in [3.63, 3.8) is 0 Å². The molecule has 124 valence electrons. The summed E-state index contributed by atoms with van der Waals surface area (Å²) in [4.78, 5) is 0. The average molecular weight is 326 g/mol. The summed E-state index contributed by atoms with van der Waals surface area (Å²) in [6, 6.07) is 7.71. The van der Waals surface area contributed by atoms with E-state index in [0.717, 1.165) is 25.8 Å². The van der Waals surface area contributed by atoms with Gasteiger partial charge in [0, 0.05) is 19.1 Å². The third kappa shape index (κ3) is 5.26. The van der Waals surface area contributed by atoms with E-state index >= 15 is 0 Å². The van der Waals surface area contributed by atoms with Crippen molar-refractivity contribution in [1.82, 2.24) is 9.62 Å². The maximum absolute atomic E-state index is 11.5. The molecule has 5 nitrogen and oxygen atoms in total. The second kappa shape index (κ2) is 7.44. The number of hydrogen-bond donors (Lipinski definition) is 2. The molecule has 1 saturated heterocycles. The van der Waals surface area contributed by atoms with Crippen LogP contribution in [-0.2, 0) is 16.4 Å². The Bertz CT molecular complexity index is 572. The Morgan fingerprint density at radius 3 is 2.64 bits per heavy atom.